The van der Waals surface area contributed by atoms with Gasteiger partial charge in [-0.3, -0.25) is 4.79 Å². The summed E-state index contributed by atoms with van der Waals surface area (Å²) in [5.74, 6) is 2.28. The molecule has 1 aromatic carbocycles. The third-order valence-corrected chi connectivity index (χ3v) is 7.16. The van der Waals surface area contributed by atoms with Gasteiger partial charge in [0.15, 0.2) is 0 Å². The lowest BCUT2D eigenvalue weighted by molar-refractivity contribution is -0.122. The summed E-state index contributed by atoms with van der Waals surface area (Å²) < 4.78 is 7.11. The zero-order valence-electron chi connectivity index (χ0n) is 16.5. The first-order valence-corrected chi connectivity index (χ1v) is 11.2. The van der Waals surface area contributed by atoms with E-state index in [-0.39, 0.29) is 17.2 Å². The van der Waals surface area contributed by atoms with E-state index in [2.05, 4.69) is 64.9 Å². The molecule has 2 aromatic rings. The van der Waals surface area contributed by atoms with Crippen molar-refractivity contribution < 1.29 is 9.53 Å². The number of halogens is 1. The van der Waals surface area contributed by atoms with Gasteiger partial charge in [-0.2, -0.15) is 0 Å². The van der Waals surface area contributed by atoms with Gasteiger partial charge >= 0.3 is 0 Å². The van der Waals surface area contributed by atoms with Crippen LogP contribution in [0.3, 0.4) is 0 Å². The average Bonchev–Trinajstić information content (AvgIpc) is 3.03. The normalized spacial score (nSPS) is 24.5. The van der Waals surface area contributed by atoms with E-state index in [4.69, 9.17) is 4.74 Å². The molecule has 148 valence electrons. The molecule has 1 aliphatic carbocycles. The highest BCUT2D eigenvalue weighted by molar-refractivity contribution is 14.1. The number of fused-ring (bicyclic) bond motifs is 2. The van der Waals surface area contributed by atoms with Gasteiger partial charge in [-0.1, -0.05) is 19.1 Å². The molecule has 1 saturated carbocycles. The van der Waals surface area contributed by atoms with Crippen molar-refractivity contribution in [3.05, 3.63) is 51.2 Å². The van der Waals surface area contributed by atoms with Crippen LogP contribution in [0.4, 0.5) is 5.82 Å². The number of amides is 1. The average molecular weight is 490 g/mol. The summed E-state index contributed by atoms with van der Waals surface area (Å²) in [6.45, 7) is 5.01. The molecule has 1 spiro atoms. The van der Waals surface area contributed by atoms with Crippen molar-refractivity contribution in [2.45, 2.75) is 51.4 Å². The molecular weight excluding hydrogens is 463 g/mol. The molecule has 2 heterocycles. The number of ether oxygens (including phenoxy) is 1. The van der Waals surface area contributed by atoms with Crippen LogP contribution in [0.25, 0.3) is 0 Å². The molecule has 1 N–H and O–H groups in total. The molecule has 0 bridgehead atoms. The lowest BCUT2D eigenvalue weighted by Gasteiger charge is -2.38. The van der Waals surface area contributed by atoms with Crippen molar-refractivity contribution in [1.82, 2.24) is 4.98 Å². The highest BCUT2D eigenvalue weighted by Gasteiger charge is 2.45. The Labute approximate surface area is 180 Å². The number of hydrogen-bond donors (Lipinski definition) is 1. The first-order chi connectivity index (χ1) is 13.5. The molecule has 0 saturated heterocycles. The molecule has 0 radical (unpaired) electrons. The molecule has 5 heteroatoms. The fourth-order valence-corrected chi connectivity index (χ4v) is 5.21. The Bertz CT molecular complexity index is 857. The molecule has 1 aliphatic heterocycles. The van der Waals surface area contributed by atoms with E-state index in [0.29, 0.717) is 11.7 Å². The molecule has 28 heavy (non-hydrogen) atoms. The Morgan fingerprint density at radius 2 is 2.11 bits per heavy atom. The summed E-state index contributed by atoms with van der Waals surface area (Å²) in [4.78, 5) is 17.2. The lowest BCUT2D eigenvalue weighted by atomic mass is 9.65. The number of aryl methyl sites for hydroxylation is 1. The molecule has 2 aliphatic rings. The maximum Gasteiger partial charge on any atom is 0.228 e. The molecule has 4 nitrogen and oxygen atoms in total. The number of pyridine rings is 1. The van der Waals surface area contributed by atoms with Crippen LogP contribution < -0.4 is 10.1 Å². The van der Waals surface area contributed by atoms with Crippen molar-refractivity contribution in [2.75, 3.05) is 11.9 Å². The fourth-order valence-electron chi connectivity index (χ4n) is 4.89. The quantitative estimate of drug-likeness (QED) is 0.578. The molecule has 0 unspecified atom stereocenters. The van der Waals surface area contributed by atoms with E-state index >= 15 is 0 Å². The number of carbonyl (C=O) groups excluding carboxylic acids is 1. The van der Waals surface area contributed by atoms with Crippen LogP contribution in [0.15, 0.2) is 36.5 Å². The minimum absolute atomic E-state index is 0.0400. The predicted molar refractivity (Wildman–Crippen MR) is 120 cm³/mol. The highest BCUT2D eigenvalue weighted by atomic mass is 127. The maximum atomic E-state index is 12.9. The van der Waals surface area contributed by atoms with Crippen molar-refractivity contribution in [1.29, 1.82) is 0 Å². The number of benzene rings is 1. The Kier molecular flexibility index (Phi) is 5.63. The van der Waals surface area contributed by atoms with E-state index in [1.807, 2.05) is 12.1 Å². The first-order valence-electron chi connectivity index (χ1n) is 10.2. The number of nitrogens with zero attached hydrogens (tertiary/aromatic N) is 1. The van der Waals surface area contributed by atoms with Crippen molar-refractivity contribution in [3.63, 3.8) is 0 Å². The Balaban J connectivity index is 1.42. The Morgan fingerprint density at radius 3 is 2.79 bits per heavy atom. The summed E-state index contributed by atoms with van der Waals surface area (Å²) >= 11 is 2.22. The number of nitrogens with one attached hydrogen (secondary N) is 1. The largest absolute Gasteiger partial charge is 0.492 e. The molecule has 1 aromatic heterocycles. The summed E-state index contributed by atoms with van der Waals surface area (Å²) in [5.41, 5.74) is 2.76. The minimum Gasteiger partial charge on any atom is -0.492 e. The molecule has 1 amide bonds. The van der Waals surface area contributed by atoms with Crippen LogP contribution in [-0.4, -0.2) is 17.5 Å². The van der Waals surface area contributed by atoms with Gasteiger partial charge in [0.1, 0.15) is 11.6 Å². The topological polar surface area (TPSA) is 51.2 Å². The molecular formula is C23H27IN2O2. The maximum absolute atomic E-state index is 12.9. The van der Waals surface area contributed by atoms with E-state index in [1.54, 1.807) is 6.20 Å². The van der Waals surface area contributed by atoms with Crippen molar-refractivity contribution >= 4 is 34.3 Å². The number of anilines is 1. The fraction of sp³-hybridized carbons (Fsp3) is 0.478. The molecule has 1 atom stereocenters. The van der Waals surface area contributed by atoms with Crippen LogP contribution in [0.5, 0.6) is 5.75 Å². The SMILES string of the molecule is CC[C@@H](C(=O)Nc1ccc(I)cn1)C1CCC2(CC1)COc1cc(C)ccc12. The summed E-state index contributed by atoms with van der Waals surface area (Å²) in [7, 11) is 0. The minimum atomic E-state index is 0.0400. The second-order valence-corrected chi connectivity index (χ2v) is 9.52. The van der Waals surface area contributed by atoms with E-state index in [9.17, 15) is 4.79 Å². The van der Waals surface area contributed by atoms with Crippen LogP contribution in [-0.2, 0) is 10.2 Å². The smallest absolute Gasteiger partial charge is 0.228 e. The summed E-state index contributed by atoms with van der Waals surface area (Å²) in [6, 6.07) is 10.4. The van der Waals surface area contributed by atoms with Gasteiger partial charge in [0.2, 0.25) is 5.91 Å². The molecule has 4 rings (SSSR count). The van der Waals surface area contributed by atoms with Crippen molar-refractivity contribution in [2.24, 2.45) is 11.8 Å². The van der Waals surface area contributed by atoms with Crippen LogP contribution in [0, 0.1) is 22.3 Å². The standard InChI is InChI=1S/C23H27IN2O2/c1-3-18(22(27)26-21-7-5-17(24)13-25-21)16-8-10-23(11-9-16)14-28-20-12-15(2)4-6-19(20)23/h4-7,12-13,16,18H,3,8-11,14H2,1-2H3,(H,25,26,27)/t16?,18-,23?/m1/s1. The zero-order chi connectivity index (χ0) is 19.7. The third kappa shape index (κ3) is 3.78. The van der Waals surface area contributed by atoms with Gasteiger partial charge in [-0.25, -0.2) is 4.98 Å². The van der Waals surface area contributed by atoms with Crippen molar-refractivity contribution in [3.8, 4) is 5.75 Å². The van der Waals surface area contributed by atoms with Gasteiger partial charge in [0, 0.05) is 26.7 Å². The first kappa shape index (κ1) is 19.7. The number of carbonyl (C=O) groups is 1. The van der Waals surface area contributed by atoms with Crippen LogP contribution >= 0.6 is 22.6 Å². The number of aromatic nitrogens is 1. The lowest BCUT2D eigenvalue weighted by Crippen LogP contribution is -2.38. The van der Waals surface area contributed by atoms with Gasteiger partial charge < -0.3 is 10.1 Å². The van der Waals surface area contributed by atoms with E-state index < -0.39 is 0 Å². The summed E-state index contributed by atoms with van der Waals surface area (Å²) in [6.07, 6.45) is 6.98. The zero-order valence-corrected chi connectivity index (χ0v) is 18.7. The highest BCUT2D eigenvalue weighted by Crippen LogP contribution is 2.50. The number of hydrogen-bond acceptors (Lipinski definition) is 3. The second kappa shape index (κ2) is 8.01. The second-order valence-electron chi connectivity index (χ2n) is 8.27. The van der Waals surface area contributed by atoms with Gasteiger partial charge in [0.05, 0.1) is 6.61 Å². The molecule has 1 fully saturated rings. The van der Waals surface area contributed by atoms with Gasteiger partial charge in [-0.15, -0.1) is 0 Å². The van der Waals surface area contributed by atoms with Crippen LogP contribution in [0.1, 0.15) is 50.2 Å². The van der Waals surface area contributed by atoms with Crippen LogP contribution in [0.2, 0.25) is 0 Å². The van der Waals surface area contributed by atoms with E-state index in [0.717, 1.165) is 48.0 Å². The summed E-state index contributed by atoms with van der Waals surface area (Å²) in [5, 5.41) is 3.02. The van der Waals surface area contributed by atoms with Gasteiger partial charge in [0.25, 0.3) is 0 Å². The monoisotopic (exact) mass is 490 g/mol. The number of rotatable bonds is 4. The third-order valence-electron chi connectivity index (χ3n) is 6.52. The van der Waals surface area contributed by atoms with E-state index in [1.165, 1.54) is 11.1 Å². The Hall–Kier alpha value is -1.63. The van der Waals surface area contributed by atoms with Gasteiger partial charge in [-0.05, 0) is 91.3 Å². The Morgan fingerprint density at radius 1 is 1.32 bits per heavy atom. The predicted octanol–water partition coefficient (Wildman–Crippen LogP) is 5.48.